The van der Waals surface area contributed by atoms with E-state index in [1.54, 1.807) is 36.4 Å². The molecule has 1 heterocycles. The molecule has 0 fully saturated rings. The summed E-state index contributed by atoms with van der Waals surface area (Å²) in [5, 5.41) is 25.1. The van der Waals surface area contributed by atoms with Crippen molar-refractivity contribution in [2.45, 2.75) is 19.6 Å². The van der Waals surface area contributed by atoms with Gasteiger partial charge in [0.05, 0.1) is 11.5 Å². The van der Waals surface area contributed by atoms with Gasteiger partial charge in [-0.3, -0.25) is 14.9 Å². The number of aliphatic hydroxyl groups is 1. The van der Waals surface area contributed by atoms with Gasteiger partial charge in [-0.25, -0.2) is 9.67 Å². The van der Waals surface area contributed by atoms with Crippen molar-refractivity contribution >= 4 is 11.5 Å². The molecule has 0 aliphatic carbocycles. The van der Waals surface area contributed by atoms with Crippen molar-refractivity contribution < 1.29 is 19.6 Å². The number of aromatic nitrogens is 3. The van der Waals surface area contributed by atoms with Crippen LogP contribution in [-0.2, 0) is 6.54 Å². The van der Waals surface area contributed by atoms with Gasteiger partial charge >= 0.3 is 0 Å². The quantitative estimate of drug-likeness (QED) is 0.361. The van der Waals surface area contributed by atoms with Gasteiger partial charge in [-0.2, -0.15) is 5.10 Å². The van der Waals surface area contributed by atoms with Crippen LogP contribution in [0.5, 0.6) is 5.75 Å². The molecule has 9 nitrogen and oxygen atoms in total. The molecule has 0 saturated heterocycles. The Hall–Kier alpha value is -3.59. The average molecular weight is 382 g/mol. The third-order valence-corrected chi connectivity index (χ3v) is 3.97. The number of carbonyl (C=O) groups is 1. The second kappa shape index (κ2) is 8.40. The average Bonchev–Trinajstić information content (AvgIpc) is 3.15. The van der Waals surface area contributed by atoms with Crippen molar-refractivity contribution in [1.82, 2.24) is 14.8 Å². The standard InChI is InChI=1S/C19H18N4O5/c1-13(24)14-4-8-18(9-5-14)28-11-17(25)10-22-12-20-19(21-22)15-2-6-16(7-3-15)23(26)27/h2-9,12,17,25H,10-11H2,1H3/t17-/m0/s1. The first kappa shape index (κ1) is 19.2. The van der Waals surface area contributed by atoms with Crippen molar-refractivity contribution in [2.75, 3.05) is 6.61 Å². The molecule has 0 saturated carbocycles. The molecular weight excluding hydrogens is 364 g/mol. The molecular formula is C19H18N4O5. The smallest absolute Gasteiger partial charge is 0.269 e. The molecule has 0 amide bonds. The van der Waals surface area contributed by atoms with Gasteiger partial charge in [0.1, 0.15) is 24.8 Å². The fraction of sp³-hybridized carbons (Fsp3) is 0.211. The first-order valence-electron chi connectivity index (χ1n) is 8.48. The molecule has 1 N–H and O–H groups in total. The molecule has 3 rings (SSSR count). The van der Waals surface area contributed by atoms with E-state index >= 15 is 0 Å². The molecule has 0 spiro atoms. The second-order valence-corrected chi connectivity index (χ2v) is 6.14. The number of nitrogens with zero attached hydrogens (tertiary/aromatic N) is 4. The highest BCUT2D eigenvalue weighted by Crippen LogP contribution is 2.19. The summed E-state index contributed by atoms with van der Waals surface area (Å²) in [5.41, 5.74) is 1.22. The number of ketones is 1. The molecule has 0 aliphatic rings. The van der Waals surface area contributed by atoms with Crippen LogP contribution < -0.4 is 4.74 Å². The summed E-state index contributed by atoms with van der Waals surface area (Å²) in [6.07, 6.45) is 0.653. The number of nitro groups is 1. The number of hydrogen-bond acceptors (Lipinski definition) is 7. The Balaban J connectivity index is 1.55. The third-order valence-electron chi connectivity index (χ3n) is 3.97. The molecule has 0 unspecified atom stereocenters. The van der Waals surface area contributed by atoms with Gasteiger partial charge in [-0.05, 0) is 43.3 Å². The highest BCUT2D eigenvalue weighted by molar-refractivity contribution is 5.94. The molecule has 1 aromatic heterocycles. The summed E-state index contributed by atoms with van der Waals surface area (Å²) in [4.78, 5) is 25.6. The normalized spacial score (nSPS) is 11.8. The van der Waals surface area contributed by atoms with Gasteiger partial charge in [0.15, 0.2) is 11.6 Å². The third kappa shape index (κ3) is 4.77. The van der Waals surface area contributed by atoms with Crippen LogP contribution in [-0.4, -0.2) is 43.3 Å². The number of non-ortho nitro benzene ring substituents is 1. The van der Waals surface area contributed by atoms with Crippen LogP contribution in [0.15, 0.2) is 54.9 Å². The van der Waals surface area contributed by atoms with Gasteiger partial charge in [0.2, 0.25) is 0 Å². The molecule has 3 aromatic rings. The largest absolute Gasteiger partial charge is 0.491 e. The van der Waals surface area contributed by atoms with Crippen molar-refractivity contribution in [1.29, 1.82) is 0 Å². The van der Waals surface area contributed by atoms with E-state index in [2.05, 4.69) is 10.1 Å². The fourth-order valence-electron chi connectivity index (χ4n) is 2.49. The van der Waals surface area contributed by atoms with Gasteiger partial charge in [-0.1, -0.05) is 0 Å². The highest BCUT2D eigenvalue weighted by Gasteiger charge is 2.11. The number of benzene rings is 2. The van der Waals surface area contributed by atoms with E-state index in [-0.39, 0.29) is 24.6 Å². The van der Waals surface area contributed by atoms with Crippen LogP contribution in [0.2, 0.25) is 0 Å². The zero-order chi connectivity index (χ0) is 20.1. The number of rotatable bonds is 8. The van der Waals surface area contributed by atoms with Crippen molar-refractivity contribution in [2.24, 2.45) is 0 Å². The Morgan fingerprint density at radius 2 is 1.89 bits per heavy atom. The lowest BCUT2D eigenvalue weighted by atomic mass is 10.1. The zero-order valence-electron chi connectivity index (χ0n) is 15.1. The second-order valence-electron chi connectivity index (χ2n) is 6.14. The number of Topliss-reactive ketones (excluding diaryl/α,β-unsaturated/α-hetero) is 1. The molecule has 0 aliphatic heterocycles. The number of ether oxygens (including phenoxy) is 1. The molecule has 9 heteroatoms. The SMILES string of the molecule is CC(=O)c1ccc(OC[C@@H](O)Cn2cnc(-c3ccc([N+](=O)[O-])cc3)n2)cc1. The summed E-state index contributed by atoms with van der Waals surface area (Å²) >= 11 is 0. The minimum Gasteiger partial charge on any atom is -0.491 e. The predicted molar refractivity (Wildman–Crippen MR) is 100 cm³/mol. The monoisotopic (exact) mass is 382 g/mol. The predicted octanol–water partition coefficient (Wildman–Crippen LogP) is 2.50. The Labute approximate surface area is 160 Å². The van der Waals surface area contributed by atoms with E-state index in [1.807, 2.05) is 0 Å². The Bertz CT molecular complexity index is 967. The lowest BCUT2D eigenvalue weighted by molar-refractivity contribution is -0.384. The van der Waals surface area contributed by atoms with E-state index in [9.17, 15) is 20.0 Å². The van der Waals surface area contributed by atoms with Crippen molar-refractivity contribution in [3.05, 3.63) is 70.5 Å². The fourth-order valence-corrected chi connectivity index (χ4v) is 2.49. The lowest BCUT2D eigenvalue weighted by Crippen LogP contribution is -2.23. The minimum atomic E-state index is -0.820. The van der Waals surface area contributed by atoms with Gasteiger partial charge in [0.25, 0.3) is 5.69 Å². The highest BCUT2D eigenvalue weighted by atomic mass is 16.6. The maximum absolute atomic E-state index is 11.3. The zero-order valence-corrected chi connectivity index (χ0v) is 15.1. The maximum Gasteiger partial charge on any atom is 0.269 e. The molecule has 2 aromatic carbocycles. The number of nitro benzene ring substituents is 1. The summed E-state index contributed by atoms with van der Waals surface area (Å²) in [6.45, 7) is 1.71. The van der Waals surface area contributed by atoms with E-state index < -0.39 is 11.0 Å². The number of hydrogen-bond donors (Lipinski definition) is 1. The van der Waals surface area contributed by atoms with Crippen molar-refractivity contribution in [3.63, 3.8) is 0 Å². The van der Waals surface area contributed by atoms with E-state index in [0.29, 0.717) is 22.7 Å². The number of aliphatic hydroxyl groups excluding tert-OH is 1. The minimum absolute atomic E-state index is 0.00732. The van der Waals surface area contributed by atoms with Crippen molar-refractivity contribution in [3.8, 4) is 17.1 Å². The van der Waals surface area contributed by atoms with Gasteiger partial charge < -0.3 is 9.84 Å². The Morgan fingerprint density at radius 1 is 1.21 bits per heavy atom. The van der Waals surface area contributed by atoms with E-state index in [4.69, 9.17) is 4.74 Å². The van der Waals surface area contributed by atoms with Crippen LogP contribution in [0.1, 0.15) is 17.3 Å². The topological polar surface area (TPSA) is 120 Å². The van der Waals surface area contributed by atoms with Crippen LogP contribution >= 0.6 is 0 Å². The summed E-state index contributed by atoms with van der Waals surface area (Å²) in [7, 11) is 0. The Kier molecular flexibility index (Phi) is 5.75. The van der Waals surface area contributed by atoms with Crippen LogP contribution in [0.4, 0.5) is 5.69 Å². The van der Waals surface area contributed by atoms with Gasteiger partial charge in [-0.15, -0.1) is 0 Å². The molecule has 144 valence electrons. The summed E-state index contributed by atoms with van der Waals surface area (Å²) < 4.78 is 6.99. The maximum atomic E-state index is 11.3. The van der Waals surface area contributed by atoms with E-state index in [0.717, 1.165) is 0 Å². The molecule has 28 heavy (non-hydrogen) atoms. The van der Waals surface area contributed by atoms with Gasteiger partial charge in [0, 0.05) is 23.3 Å². The van der Waals surface area contributed by atoms with Crippen LogP contribution in [0.3, 0.4) is 0 Å². The van der Waals surface area contributed by atoms with Crippen LogP contribution in [0, 0.1) is 10.1 Å². The molecule has 0 bridgehead atoms. The van der Waals surface area contributed by atoms with E-state index in [1.165, 1.54) is 30.1 Å². The molecule has 0 radical (unpaired) electrons. The summed E-state index contributed by atoms with van der Waals surface area (Å²) in [6, 6.07) is 12.6. The number of carbonyl (C=O) groups excluding carboxylic acids is 1. The Morgan fingerprint density at radius 3 is 2.50 bits per heavy atom. The summed E-state index contributed by atoms with van der Waals surface area (Å²) in [5.74, 6) is 0.929. The lowest BCUT2D eigenvalue weighted by Gasteiger charge is -2.12. The first-order chi connectivity index (χ1) is 13.4. The first-order valence-corrected chi connectivity index (χ1v) is 8.48. The molecule has 1 atom stereocenters. The van der Waals surface area contributed by atoms with Crippen LogP contribution in [0.25, 0.3) is 11.4 Å².